The summed E-state index contributed by atoms with van der Waals surface area (Å²) < 4.78 is 0. The average molecular weight is 391 g/mol. The van der Waals surface area contributed by atoms with Crippen molar-refractivity contribution in [3.63, 3.8) is 0 Å². The summed E-state index contributed by atoms with van der Waals surface area (Å²) in [6.45, 7) is 0. The van der Waals surface area contributed by atoms with Crippen LogP contribution in [0, 0.1) is 0 Å². The zero-order valence-corrected chi connectivity index (χ0v) is 16.6. The molecule has 28 heavy (non-hydrogen) atoms. The molecule has 0 radical (unpaired) electrons. The normalized spacial score (nSPS) is 18.4. The summed E-state index contributed by atoms with van der Waals surface area (Å²) in [4.78, 5) is 17.8. The number of carbonyl (C=O) groups excluding carboxylic acids is 1. The molecule has 1 atom stereocenters. The van der Waals surface area contributed by atoms with Crippen LogP contribution in [0.5, 0.6) is 0 Å². The molecular formula is C24H23ClN2O. The van der Waals surface area contributed by atoms with Gasteiger partial charge in [0.1, 0.15) is 0 Å². The van der Waals surface area contributed by atoms with Gasteiger partial charge in [-0.2, -0.15) is 0 Å². The fraction of sp³-hybridized carbons (Fsp3) is 0.333. The van der Waals surface area contributed by atoms with Gasteiger partial charge in [-0.25, -0.2) is 0 Å². The number of hydrogen-bond acceptors (Lipinski definition) is 2. The Balaban J connectivity index is 1.46. The van der Waals surface area contributed by atoms with E-state index in [1.807, 2.05) is 18.2 Å². The van der Waals surface area contributed by atoms with Gasteiger partial charge in [-0.15, -0.1) is 0 Å². The van der Waals surface area contributed by atoms with Crippen molar-refractivity contribution in [1.29, 1.82) is 0 Å². The zero-order chi connectivity index (χ0) is 19.1. The monoisotopic (exact) mass is 390 g/mol. The standard InChI is InChI=1S/C24H23ClN2O/c25-23-18-9-3-4-10-21(18)26-22-14-16(12-13-19(22)23)24(28)27-20-11-5-7-15-6-1-2-8-17(15)20/h1-2,6,8,12-14,20H,3-5,7,9-11H2,(H,27,28)/t20-/m0/s1. The number of hydrogen-bond donors (Lipinski definition) is 1. The van der Waals surface area contributed by atoms with Gasteiger partial charge < -0.3 is 5.32 Å². The van der Waals surface area contributed by atoms with E-state index in [1.54, 1.807) is 0 Å². The van der Waals surface area contributed by atoms with Crippen LogP contribution in [0.4, 0.5) is 0 Å². The number of pyridine rings is 1. The molecule has 0 unspecified atom stereocenters. The number of rotatable bonds is 2. The number of halogens is 1. The van der Waals surface area contributed by atoms with Crippen molar-refractivity contribution >= 4 is 28.4 Å². The Morgan fingerprint density at radius 2 is 1.89 bits per heavy atom. The molecule has 5 rings (SSSR count). The van der Waals surface area contributed by atoms with Gasteiger partial charge in [0.15, 0.2) is 0 Å². The first-order valence-corrected chi connectivity index (χ1v) is 10.6. The molecule has 1 aromatic heterocycles. The third kappa shape index (κ3) is 3.08. The summed E-state index contributed by atoms with van der Waals surface area (Å²) in [6.07, 6.45) is 7.47. The highest BCUT2D eigenvalue weighted by atomic mass is 35.5. The van der Waals surface area contributed by atoms with E-state index in [0.717, 1.165) is 60.1 Å². The lowest BCUT2D eigenvalue weighted by atomic mass is 9.87. The molecule has 3 aromatic rings. The Morgan fingerprint density at radius 1 is 1.04 bits per heavy atom. The Hall–Kier alpha value is -2.39. The Bertz CT molecular complexity index is 1080. The van der Waals surface area contributed by atoms with E-state index in [0.29, 0.717) is 5.56 Å². The Labute approximate surface area is 170 Å². The second-order valence-electron chi connectivity index (χ2n) is 7.91. The average Bonchev–Trinajstić information content (AvgIpc) is 2.74. The number of fused-ring (bicyclic) bond motifs is 3. The van der Waals surface area contributed by atoms with Gasteiger partial charge >= 0.3 is 0 Å². The van der Waals surface area contributed by atoms with Gasteiger partial charge in [0.2, 0.25) is 0 Å². The predicted molar refractivity (Wildman–Crippen MR) is 113 cm³/mol. The minimum Gasteiger partial charge on any atom is -0.345 e. The molecule has 0 saturated carbocycles. The predicted octanol–water partition coefficient (Wildman–Crippen LogP) is 5.57. The third-order valence-corrected chi connectivity index (χ3v) is 6.56. The van der Waals surface area contributed by atoms with Gasteiger partial charge in [-0.3, -0.25) is 9.78 Å². The first kappa shape index (κ1) is 17.7. The fourth-order valence-electron chi connectivity index (χ4n) is 4.65. The van der Waals surface area contributed by atoms with Crippen LogP contribution < -0.4 is 5.32 Å². The van der Waals surface area contributed by atoms with Crippen molar-refractivity contribution in [2.24, 2.45) is 0 Å². The number of aryl methyl sites for hydroxylation is 2. The first-order chi connectivity index (χ1) is 13.7. The van der Waals surface area contributed by atoms with Gasteiger partial charge in [0.25, 0.3) is 5.91 Å². The van der Waals surface area contributed by atoms with Gasteiger partial charge in [0, 0.05) is 16.6 Å². The molecule has 0 aliphatic heterocycles. The maximum atomic E-state index is 13.0. The second-order valence-corrected chi connectivity index (χ2v) is 8.29. The van der Waals surface area contributed by atoms with Crippen molar-refractivity contribution < 1.29 is 4.79 Å². The molecule has 142 valence electrons. The Morgan fingerprint density at radius 3 is 2.82 bits per heavy atom. The van der Waals surface area contributed by atoms with Crippen molar-refractivity contribution in [3.8, 4) is 0 Å². The molecule has 0 fully saturated rings. The number of aromatic nitrogens is 1. The number of carbonyl (C=O) groups is 1. The highest BCUT2D eigenvalue weighted by Crippen LogP contribution is 2.34. The SMILES string of the molecule is O=C(N[C@H]1CCCc2ccccc21)c1ccc2c(Cl)c3c(nc2c1)CCCC3. The molecule has 1 heterocycles. The fourth-order valence-corrected chi connectivity index (χ4v) is 5.02. The highest BCUT2D eigenvalue weighted by molar-refractivity contribution is 6.36. The third-order valence-electron chi connectivity index (χ3n) is 6.13. The molecule has 3 nitrogen and oxygen atoms in total. The van der Waals surface area contributed by atoms with Gasteiger partial charge in [0.05, 0.1) is 16.6 Å². The smallest absolute Gasteiger partial charge is 0.251 e. The van der Waals surface area contributed by atoms with Crippen LogP contribution in [0.25, 0.3) is 10.9 Å². The highest BCUT2D eigenvalue weighted by Gasteiger charge is 2.23. The van der Waals surface area contributed by atoms with Crippen LogP contribution in [0.3, 0.4) is 0 Å². The minimum absolute atomic E-state index is 0.0424. The number of amides is 1. The van der Waals surface area contributed by atoms with E-state index < -0.39 is 0 Å². The molecule has 0 saturated heterocycles. The summed E-state index contributed by atoms with van der Waals surface area (Å²) in [5, 5.41) is 4.99. The molecule has 1 N–H and O–H groups in total. The van der Waals surface area contributed by atoms with Crippen LogP contribution in [0.1, 0.15) is 64.5 Å². The van der Waals surface area contributed by atoms with Crippen LogP contribution >= 0.6 is 11.6 Å². The molecular weight excluding hydrogens is 368 g/mol. The van der Waals surface area contributed by atoms with E-state index in [1.165, 1.54) is 23.1 Å². The lowest BCUT2D eigenvalue weighted by molar-refractivity contribution is 0.0933. The number of benzene rings is 2. The van der Waals surface area contributed by atoms with Crippen LogP contribution in [-0.4, -0.2) is 10.9 Å². The summed E-state index contributed by atoms with van der Waals surface area (Å²) >= 11 is 6.66. The van der Waals surface area contributed by atoms with Crippen molar-refractivity contribution in [3.05, 3.63) is 75.4 Å². The first-order valence-electron chi connectivity index (χ1n) is 10.2. The molecule has 2 aromatic carbocycles. The van der Waals surface area contributed by atoms with E-state index in [-0.39, 0.29) is 11.9 Å². The summed E-state index contributed by atoms with van der Waals surface area (Å²) in [7, 11) is 0. The van der Waals surface area contributed by atoms with Crippen molar-refractivity contribution in [1.82, 2.24) is 10.3 Å². The van der Waals surface area contributed by atoms with Crippen molar-refractivity contribution in [2.45, 2.75) is 51.0 Å². The summed E-state index contributed by atoms with van der Waals surface area (Å²) in [5.74, 6) is -0.0424. The topological polar surface area (TPSA) is 42.0 Å². The largest absolute Gasteiger partial charge is 0.345 e. The lowest BCUT2D eigenvalue weighted by Crippen LogP contribution is -2.31. The quantitative estimate of drug-likeness (QED) is 0.621. The molecule has 2 aliphatic rings. The lowest BCUT2D eigenvalue weighted by Gasteiger charge is -2.26. The minimum atomic E-state index is -0.0424. The van der Waals surface area contributed by atoms with Gasteiger partial charge in [-0.05, 0) is 73.8 Å². The Kier molecular flexibility index (Phi) is 4.56. The van der Waals surface area contributed by atoms with Crippen molar-refractivity contribution in [2.75, 3.05) is 0 Å². The summed E-state index contributed by atoms with van der Waals surface area (Å²) in [6, 6.07) is 14.2. The van der Waals surface area contributed by atoms with E-state index in [2.05, 4.69) is 29.6 Å². The maximum Gasteiger partial charge on any atom is 0.251 e. The van der Waals surface area contributed by atoms with Crippen LogP contribution in [-0.2, 0) is 19.3 Å². The van der Waals surface area contributed by atoms with E-state index in [4.69, 9.17) is 16.6 Å². The molecule has 0 spiro atoms. The molecule has 0 bridgehead atoms. The molecule has 2 aliphatic carbocycles. The zero-order valence-electron chi connectivity index (χ0n) is 15.8. The van der Waals surface area contributed by atoms with Crippen LogP contribution in [0.2, 0.25) is 5.02 Å². The molecule has 1 amide bonds. The maximum absolute atomic E-state index is 13.0. The van der Waals surface area contributed by atoms with E-state index >= 15 is 0 Å². The second kappa shape index (κ2) is 7.21. The van der Waals surface area contributed by atoms with Crippen LogP contribution in [0.15, 0.2) is 42.5 Å². The summed E-state index contributed by atoms with van der Waals surface area (Å²) in [5.41, 5.74) is 6.35. The van der Waals surface area contributed by atoms with E-state index in [9.17, 15) is 4.79 Å². The number of nitrogens with zero attached hydrogens (tertiary/aromatic N) is 1. The molecule has 4 heteroatoms. The number of nitrogens with one attached hydrogen (secondary N) is 1. The van der Waals surface area contributed by atoms with Gasteiger partial charge in [-0.1, -0.05) is 41.9 Å².